The summed E-state index contributed by atoms with van der Waals surface area (Å²) in [6.07, 6.45) is 0. The highest BCUT2D eigenvalue weighted by atomic mass is 32.1. The van der Waals surface area contributed by atoms with Gasteiger partial charge in [-0.1, -0.05) is 6.07 Å². The minimum Gasteiger partial charge on any atom is -0.368 e. The second-order valence-corrected chi connectivity index (χ2v) is 5.78. The Labute approximate surface area is 119 Å². The number of thiophene rings is 1. The van der Waals surface area contributed by atoms with Gasteiger partial charge < -0.3 is 11.1 Å². The molecule has 0 aliphatic carbocycles. The van der Waals surface area contributed by atoms with Crippen molar-refractivity contribution in [1.82, 2.24) is 9.97 Å². The molecule has 20 heavy (non-hydrogen) atoms. The summed E-state index contributed by atoms with van der Waals surface area (Å²) in [5.41, 5.74) is 6.95. The van der Waals surface area contributed by atoms with E-state index in [2.05, 4.69) is 15.3 Å². The molecule has 2 heterocycles. The van der Waals surface area contributed by atoms with Crippen LogP contribution in [0.1, 0.15) is 10.4 Å². The Bertz CT molecular complexity index is 797. The molecule has 1 aromatic carbocycles. The molecule has 0 amide bonds. The molecule has 4 nitrogen and oxygen atoms in total. The van der Waals surface area contributed by atoms with Gasteiger partial charge in [0, 0.05) is 16.1 Å². The molecule has 0 saturated carbocycles. The normalized spacial score (nSPS) is 10.9. The van der Waals surface area contributed by atoms with Crippen molar-refractivity contribution in [2.24, 2.45) is 0 Å². The number of hydrogen-bond acceptors (Lipinski definition) is 5. The first-order valence-corrected chi connectivity index (χ1v) is 6.92. The summed E-state index contributed by atoms with van der Waals surface area (Å²) in [5.74, 6) is 0.552. The molecule has 0 saturated heterocycles. The van der Waals surface area contributed by atoms with E-state index < -0.39 is 0 Å². The van der Waals surface area contributed by atoms with Gasteiger partial charge in [-0.25, -0.2) is 9.37 Å². The number of nitrogens with two attached hydrogens (primary N) is 1. The summed E-state index contributed by atoms with van der Waals surface area (Å²) in [7, 11) is 0. The summed E-state index contributed by atoms with van der Waals surface area (Å²) in [4.78, 5) is 10.4. The fourth-order valence-electron chi connectivity index (χ4n) is 2.02. The molecule has 2 aromatic heterocycles. The molecule has 0 radical (unpaired) electrons. The van der Waals surface area contributed by atoms with Crippen molar-refractivity contribution in [3.05, 3.63) is 40.5 Å². The van der Waals surface area contributed by atoms with E-state index in [1.54, 1.807) is 24.3 Å². The molecule has 6 heteroatoms. The van der Waals surface area contributed by atoms with Crippen LogP contribution in [0.2, 0.25) is 0 Å². The van der Waals surface area contributed by atoms with E-state index in [0.717, 1.165) is 15.1 Å². The second-order valence-electron chi connectivity index (χ2n) is 4.54. The van der Waals surface area contributed by atoms with E-state index in [9.17, 15) is 4.39 Å². The lowest BCUT2D eigenvalue weighted by Gasteiger charge is -2.10. The smallest absolute Gasteiger partial charge is 0.223 e. The minimum absolute atomic E-state index is 0.205. The third kappa shape index (κ3) is 2.18. The van der Waals surface area contributed by atoms with Crippen molar-refractivity contribution in [2.45, 2.75) is 13.8 Å². The number of nitrogens with one attached hydrogen (secondary N) is 1. The molecule has 0 atom stereocenters. The van der Waals surface area contributed by atoms with Gasteiger partial charge in [0.25, 0.3) is 0 Å². The average molecular weight is 288 g/mol. The molecule has 0 unspecified atom stereocenters. The van der Waals surface area contributed by atoms with Crippen LogP contribution in [0.3, 0.4) is 0 Å². The highest BCUT2D eigenvalue weighted by molar-refractivity contribution is 7.18. The third-order valence-corrected chi connectivity index (χ3v) is 4.00. The Balaban J connectivity index is 2.12. The molecule has 0 bridgehead atoms. The molecule has 0 spiro atoms. The zero-order chi connectivity index (χ0) is 14.3. The Hall–Kier alpha value is -2.21. The molecular formula is C14H13FN4S. The van der Waals surface area contributed by atoms with Crippen molar-refractivity contribution in [3.8, 4) is 0 Å². The van der Waals surface area contributed by atoms with Crippen LogP contribution in [0.15, 0.2) is 24.3 Å². The lowest BCUT2D eigenvalue weighted by atomic mass is 10.2. The van der Waals surface area contributed by atoms with E-state index in [1.165, 1.54) is 6.07 Å². The molecule has 3 N–H and O–H groups in total. The van der Waals surface area contributed by atoms with Crippen LogP contribution in [0, 0.1) is 19.7 Å². The van der Waals surface area contributed by atoms with E-state index in [4.69, 9.17) is 5.73 Å². The number of halogens is 1. The minimum atomic E-state index is -0.255. The van der Waals surface area contributed by atoms with Gasteiger partial charge in [-0.2, -0.15) is 4.98 Å². The Morgan fingerprint density at radius 2 is 2.05 bits per heavy atom. The van der Waals surface area contributed by atoms with Crippen molar-refractivity contribution < 1.29 is 4.39 Å². The summed E-state index contributed by atoms with van der Waals surface area (Å²) in [6.45, 7) is 3.72. The van der Waals surface area contributed by atoms with Crippen LogP contribution in [0.4, 0.5) is 21.8 Å². The maximum Gasteiger partial charge on any atom is 0.223 e. The first-order valence-electron chi connectivity index (χ1n) is 6.10. The standard InChI is InChI=1S/C14H13FN4S/c1-7-6-9-12(18-14(16)19-13(9)20-7)17-11-5-3-4-10(15)8(11)2/h3-6H,1-2H3,(H3,16,17,18,19). The van der Waals surface area contributed by atoms with E-state index in [0.29, 0.717) is 17.1 Å². The van der Waals surface area contributed by atoms with Crippen LogP contribution < -0.4 is 11.1 Å². The van der Waals surface area contributed by atoms with Gasteiger partial charge in [0.2, 0.25) is 5.95 Å². The lowest BCUT2D eigenvalue weighted by molar-refractivity contribution is 0.619. The predicted octanol–water partition coefficient (Wildman–Crippen LogP) is 3.77. The number of anilines is 3. The van der Waals surface area contributed by atoms with Gasteiger partial charge in [0.15, 0.2) is 0 Å². The number of aromatic nitrogens is 2. The highest BCUT2D eigenvalue weighted by Crippen LogP contribution is 2.31. The Morgan fingerprint density at radius 1 is 1.25 bits per heavy atom. The van der Waals surface area contributed by atoms with Gasteiger partial charge in [0.05, 0.1) is 5.39 Å². The van der Waals surface area contributed by atoms with Crippen molar-refractivity contribution in [1.29, 1.82) is 0 Å². The van der Waals surface area contributed by atoms with E-state index in [-0.39, 0.29) is 11.8 Å². The number of fused-ring (bicyclic) bond motifs is 1. The van der Waals surface area contributed by atoms with Crippen LogP contribution in [0.25, 0.3) is 10.2 Å². The third-order valence-electron chi connectivity index (χ3n) is 3.05. The largest absolute Gasteiger partial charge is 0.368 e. The number of benzene rings is 1. The molecule has 0 aliphatic heterocycles. The maximum atomic E-state index is 13.6. The van der Waals surface area contributed by atoms with Gasteiger partial charge in [-0.3, -0.25) is 0 Å². The van der Waals surface area contributed by atoms with Crippen LogP contribution in [-0.4, -0.2) is 9.97 Å². The van der Waals surface area contributed by atoms with Crippen molar-refractivity contribution in [2.75, 3.05) is 11.1 Å². The van der Waals surface area contributed by atoms with Crippen LogP contribution >= 0.6 is 11.3 Å². The quantitative estimate of drug-likeness (QED) is 0.753. The monoisotopic (exact) mass is 288 g/mol. The molecule has 3 aromatic rings. The Morgan fingerprint density at radius 3 is 2.85 bits per heavy atom. The molecule has 102 valence electrons. The van der Waals surface area contributed by atoms with Gasteiger partial charge in [-0.05, 0) is 32.0 Å². The Kier molecular flexibility index (Phi) is 3.02. The summed E-state index contributed by atoms with van der Waals surface area (Å²) in [5, 5.41) is 4.04. The molecule has 3 rings (SSSR count). The van der Waals surface area contributed by atoms with E-state index in [1.807, 2.05) is 19.1 Å². The number of aryl methyl sites for hydroxylation is 1. The van der Waals surface area contributed by atoms with Crippen LogP contribution in [0.5, 0.6) is 0 Å². The van der Waals surface area contributed by atoms with Crippen molar-refractivity contribution >= 4 is 39.0 Å². The molecular weight excluding hydrogens is 275 g/mol. The van der Waals surface area contributed by atoms with Gasteiger partial charge >= 0.3 is 0 Å². The number of nitrogens with zero attached hydrogens (tertiary/aromatic N) is 2. The summed E-state index contributed by atoms with van der Waals surface area (Å²) >= 11 is 1.55. The highest BCUT2D eigenvalue weighted by Gasteiger charge is 2.11. The van der Waals surface area contributed by atoms with Gasteiger partial charge in [-0.15, -0.1) is 11.3 Å². The second kappa shape index (κ2) is 4.72. The fraction of sp³-hybridized carbons (Fsp3) is 0.143. The summed E-state index contributed by atoms with van der Waals surface area (Å²) < 4.78 is 13.6. The average Bonchev–Trinajstić information content (AvgIpc) is 2.75. The topological polar surface area (TPSA) is 63.8 Å². The van der Waals surface area contributed by atoms with Crippen molar-refractivity contribution in [3.63, 3.8) is 0 Å². The number of nitrogen functional groups attached to an aromatic ring is 1. The lowest BCUT2D eigenvalue weighted by Crippen LogP contribution is -2.01. The SMILES string of the molecule is Cc1cc2c(Nc3cccc(F)c3C)nc(N)nc2s1. The van der Waals surface area contributed by atoms with Crippen LogP contribution in [-0.2, 0) is 0 Å². The summed E-state index contributed by atoms with van der Waals surface area (Å²) in [6, 6.07) is 6.89. The first kappa shape index (κ1) is 12.8. The zero-order valence-corrected chi connectivity index (χ0v) is 11.9. The fourth-order valence-corrected chi connectivity index (χ4v) is 2.91. The zero-order valence-electron chi connectivity index (χ0n) is 11.1. The maximum absolute atomic E-state index is 13.6. The number of hydrogen-bond donors (Lipinski definition) is 2. The van der Waals surface area contributed by atoms with Gasteiger partial charge in [0.1, 0.15) is 16.5 Å². The number of rotatable bonds is 2. The first-order chi connectivity index (χ1) is 9.54. The van der Waals surface area contributed by atoms with E-state index >= 15 is 0 Å². The predicted molar refractivity (Wildman–Crippen MR) is 81.0 cm³/mol. The molecule has 0 aliphatic rings. The molecule has 0 fully saturated rings.